The van der Waals surface area contributed by atoms with Crippen LogP contribution in [0.5, 0.6) is 5.75 Å². The Morgan fingerprint density at radius 3 is 2.45 bits per heavy atom. The lowest BCUT2D eigenvalue weighted by molar-refractivity contribution is 0.305. The van der Waals surface area contributed by atoms with E-state index in [2.05, 4.69) is 16.5 Å². The van der Waals surface area contributed by atoms with Crippen LogP contribution in [0.15, 0.2) is 49.3 Å². The van der Waals surface area contributed by atoms with Crippen molar-refractivity contribution in [2.24, 2.45) is 0 Å². The number of allylic oxidation sites excluding steroid dienone is 1. The summed E-state index contributed by atoms with van der Waals surface area (Å²) in [5, 5.41) is 0.400. The molecule has 116 valence electrons. The topological polar surface area (TPSA) is 35.0 Å². The number of ether oxygens (including phenoxy) is 1. The zero-order chi connectivity index (χ0) is 15.6. The van der Waals surface area contributed by atoms with E-state index in [1.165, 1.54) is 19.3 Å². The van der Waals surface area contributed by atoms with Gasteiger partial charge in [-0.25, -0.2) is 4.98 Å². The third-order valence-corrected chi connectivity index (χ3v) is 3.54. The highest BCUT2D eigenvalue weighted by molar-refractivity contribution is 6.29. The highest BCUT2D eigenvalue weighted by atomic mass is 35.5. The van der Waals surface area contributed by atoms with Crippen LogP contribution in [0.1, 0.15) is 32.1 Å². The van der Waals surface area contributed by atoms with Crippen molar-refractivity contribution in [2.45, 2.75) is 32.1 Å². The molecule has 1 aromatic carbocycles. The molecule has 0 radical (unpaired) electrons. The molecule has 3 nitrogen and oxygen atoms in total. The molecule has 4 heteroatoms. The predicted molar refractivity (Wildman–Crippen MR) is 91.3 cm³/mol. The van der Waals surface area contributed by atoms with E-state index in [4.69, 9.17) is 16.3 Å². The molecule has 1 heterocycles. The van der Waals surface area contributed by atoms with Gasteiger partial charge in [-0.05, 0) is 43.5 Å². The van der Waals surface area contributed by atoms with E-state index in [1.807, 2.05) is 30.3 Å². The maximum Gasteiger partial charge on any atom is 0.147 e. The molecule has 0 aliphatic carbocycles. The number of nitrogens with zero attached hydrogens (tertiary/aromatic N) is 2. The van der Waals surface area contributed by atoms with Crippen molar-refractivity contribution in [3.63, 3.8) is 0 Å². The summed E-state index contributed by atoms with van der Waals surface area (Å²) < 4.78 is 5.75. The van der Waals surface area contributed by atoms with Crippen LogP contribution in [-0.2, 0) is 0 Å². The number of unbranched alkanes of at least 4 members (excludes halogenated alkanes) is 4. The highest BCUT2D eigenvalue weighted by Gasteiger charge is 2.01. The van der Waals surface area contributed by atoms with Crippen molar-refractivity contribution >= 4 is 11.6 Å². The van der Waals surface area contributed by atoms with Crippen molar-refractivity contribution in [1.82, 2.24) is 9.97 Å². The molecule has 22 heavy (non-hydrogen) atoms. The van der Waals surface area contributed by atoms with Crippen LogP contribution in [0.4, 0.5) is 0 Å². The minimum absolute atomic E-state index is 0.400. The fourth-order valence-electron chi connectivity index (χ4n) is 2.12. The maximum atomic E-state index is 5.75. The molecule has 0 saturated heterocycles. The summed E-state index contributed by atoms with van der Waals surface area (Å²) in [6.45, 7) is 4.49. The smallest absolute Gasteiger partial charge is 0.147 e. The van der Waals surface area contributed by atoms with Crippen LogP contribution < -0.4 is 4.74 Å². The van der Waals surface area contributed by atoms with Gasteiger partial charge in [-0.1, -0.05) is 30.5 Å². The van der Waals surface area contributed by atoms with Gasteiger partial charge < -0.3 is 4.74 Å². The summed E-state index contributed by atoms with van der Waals surface area (Å²) in [4.78, 5) is 8.28. The van der Waals surface area contributed by atoms with Crippen LogP contribution in [-0.4, -0.2) is 16.6 Å². The molecular weight excluding hydrogens is 296 g/mol. The third-order valence-electron chi connectivity index (χ3n) is 3.34. The summed E-state index contributed by atoms with van der Waals surface area (Å²) in [6.07, 6.45) is 11.0. The summed E-state index contributed by atoms with van der Waals surface area (Å²) in [5.74, 6) is 0.886. The Morgan fingerprint density at radius 1 is 1.00 bits per heavy atom. The van der Waals surface area contributed by atoms with E-state index in [1.54, 1.807) is 12.4 Å². The van der Waals surface area contributed by atoms with Crippen LogP contribution in [0.3, 0.4) is 0 Å². The second kappa shape index (κ2) is 9.21. The second-order valence-corrected chi connectivity index (χ2v) is 5.48. The van der Waals surface area contributed by atoms with Crippen molar-refractivity contribution in [1.29, 1.82) is 0 Å². The number of benzene rings is 1. The van der Waals surface area contributed by atoms with Gasteiger partial charge in [0.15, 0.2) is 0 Å². The molecule has 2 rings (SSSR count). The summed E-state index contributed by atoms with van der Waals surface area (Å²) in [6, 6.07) is 7.89. The fourth-order valence-corrected chi connectivity index (χ4v) is 2.22. The summed E-state index contributed by atoms with van der Waals surface area (Å²) >= 11 is 5.74. The van der Waals surface area contributed by atoms with E-state index in [0.29, 0.717) is 5.15 Å². The lowest BCUT2D eigenvalue weighted by atomic mass is 10.1. The van der Waals surface area contributed by atoms with Crippen molar-refractivity contribution in [3.05, 3.63) is 54.5 Å². The van der Waals surface area contributed by atoms with Crippen molar-refractivity contribution < 1.29 is 4.74 Å². The molecule has 1 aromatic heterocycles. The Labute approximate surface area is 137 Å². The Morgan fingerprint density at radius 2 is 1.77 bits per heavy atom. The van der Waals surface area contributed by atoms with Gasteiger partial charge in [-0.3, -0.25) is 4.98 Å². The van der Waals surface area contributed by atoms with Gasteiger partial charge in [0.2, 0.25) is 0 Å². The van der Waals surface area contributed by atoms with Gasteiger partial charge in [0.05, 0.1) is 24.7 Å². The zero-order valence-corrected chi connectivity index (χ0v) is 13.4. The third kappa shape index (κ3) is 5.49. The molecule has 0 amide bonds. The van der Waals surface area contributed by atoms with Crippen molar-refractivity contribution in [3.8, 4) is 17.0 Å². The van der Waals surface area contributed by atoms with E-state index in [9.17, 15) is 0 Å². The van der Waals surface area contributed by atoms with Gasteiger partial charge in [-0.15, -0.1) is 6.58 Å². The number of hydrogen-bond acceptors (Lipinski definition) is 3. The second-order valence-electron chi connectivity index (χ2n) is 5.09. The van der Waals surface area contributed by atoms with E-state index >= 15 is 0 Å². The maximum absolute atomic E-state index is 5.75. The number of hydrogen-bond donors (Lipinski definition) is 0. The SMILES string of the molecule is C=CCCCCCCOc1ccc(-c2cnc(Cl)cn2)cc1. The summed E-state index contributed by atoms with van der Waals surface area (Å²) in [7, 11) is 0. The standard InChI is InChI=1S/C18H21ClN2O/c1-2-3-4-5-6-7-12-22-16-10-8-15(9-11-16)17-13-21-18(19)14-20-17/h2,8-11,13-14H,1,3-7,12H2. The normalized spacial score (nSPS) is 10.4. The molecule has 0 aliphatic heterocycles. The monoisotopic (exact) mass is 316 g/mol. The average molecular weight is 317 g/mol. The highest BCUT2D eigenvalue weighted by Crippen LogP contribution is 2.21. The molecular formula is C18H21ClN2O. The van der Waals surface area contributed by atoms with Gasteiger partial charge in [0, 0.05) is 5.56 Å². The molecule has 0 unspecified atom stereocenters. The minimum Gasteiger partial charge on any atom is -0.494 e. The Kier molecular flexibility index (Phi) is 6.91. The zero-order valence-electron chi connectivity index (χ0n) is 12.7. The van der Waals surface area contributed by atoms with E-state index in [-0.39, 0.29) is 0 Å². The molecule has 0 atom stereocenters. The molecule has 0 spiro atoms. The van der Waals surface area contributed by atoms with Gasteiger partial charge in [-0.2, -0.15) is 0 Å². The Balaban J connectivity index is 1.75. The first-order valence-corrected chi connectivity index (χ1v) is 7.99. The first-order chi connectivity index (χ1) is 10.8. The average Bonchev–Trinajstić information content (AvgIpc) is 2.55. The summed E-state index contributed by atoms with van der Waals surface area (Å²) in [5.41, 5.74) is 1.80. The van der Waals surface area contributed by atoms with Crippen LogP contribution in [0.25, 0.3) is 11.3 Å². The largest absolute Gasteiger partial charge is 0.494 e. The molecule has 0 aliphatic rings. The molecule has 0 N–H and O–H groups in total. The van der Waals surface area contributed by atoms with Crippen molar-refractivity contribution in [2.75, 3.05) is 6.61 Å². The van der Waals surface area contributed by atoms with E-state index in [0.717, 1.165) is 36.5 Å². The predicted octanol–water partition coefficient (Wildman–Crippen LogP) is 5.31. The molecule has 0 bridgehead atoms. The van der Waals surface area contributed by atoms with Crippen LogP contribution in [0.2, 0.25) is 5.15 Å². The number of aromatic nitrogens is 2. The number of halogens is 1. The molecule has 2 aromatic rings. The first kappa shape index (κ1) is 16.5. The quantitative estimate of drug-likeness (QED) is 0.464. The van der Waals surface area contributed by atoms with E-state index < -0.39 is 0 Å². The Hall–Kier alpha value is -1.87. The lowest BCUT2D eigenvalue weighted by Gasteiger charge is -2.07. The van der Waals surface area contributed by atoms with Gasteiger partial charge in [0.1, 0.15) is 10.9 Å². The van der Waals surface area contributed by atoms with Crippen LogP contribution in [0, 0.1) is 0 Å². The fraction of sp³-hybridized carbons (Fsp3) is 0.333. The molecule has 0 fully saturated rings. The number of rotatable bonds is 9. The Bertz CT molecular complexity index is 567. The molecule has 0 saturated carbocycles. The lowest BCUT2D eigenvalue weighted by Crippen LogP contribution is -1.97. The first-order valence-electron chi connectivity index (χ1n) is 7.61. The van der Waals surface area contributed by atoms with Gasteiger partial charge in [0.25, 0.3) is 0 Å². The van der Waals surface area contributed by atoms with Crippen LogP contribution >= 0.6 is 11.6 Å². The minimum atomic E-state index is 0.400. The van der Waals surface area contributed by atoms with Gasteiger partial charge >= 0.3 is 0 Å².